The topological polar surface area (TPSA) is 32.3 Å². The Bertz CT molecular complexity index is 451. The predicted octanol–water partition coefficient (Wildman–Crippen LogP) is 3.24. The summed E-state index contributed by atoms with van der Waals surface area (Å²) in [5.41, 5.74) is 2.06. The van der Waals surface area contributed by atoms with Crippen LogP contribution in [-0.4, -0.2) is 18.0 Å². The van der Waals surface area contributed by atoms with E-state index in [1.54, 1.807) is 0 Å². The molecule has 0 saturated heterocycles. The molecule has 1 aliphatic heterocycles. The van der Waals surface area contributed by atoms with Crippen LogP contribution in [0.1, 0.15) is 27.2 Å². The molecule has 0 radical (unpaired) electrons. The molecule has 0 saturated carbocycles. The van der Waals surface area contributed by atoms with Crippen molar-refractivity contribution >= 4 is 39.9 Å². The molecule has 17 heavy (non-hydrogen) atoms. The van der Waals surface area contributed by atoms with E-state index >= 15 is 0 Å². The highest BCUT2D eigenvalue weighted by atomic mass is 127. The molecule has 1 amide bonds. The lowest BCUT2D eigenvalue weighted by Gasteiger charge is -2.37. The number of rotatable bonds is 0. The van der Waals surface area contributed by atoms with Gasteiger partial charge in [0.1, 0.15) is 0 Å². The number of benzene rings is 1. The van der Waals surface area contributed by atoms with Crippen LogP contribution in [0.3, 0.4) is 0 Å². The Morgan fingerprint density at radius 1 is 1.35 bits per heavy atom. The van der Waals surface area contributed by atoms with Crippen molar-refractivity contribution in [2.45, 2.75) is 32.7 Å². The Kier molecular flexibility index (Phi) is 3.34. The molecule has 0 atom stereocenters. The second-order valence-electron chi connectivity index (χ2n) is 5.28. The molecule has 4 heteroatoms. The van der Waals surface area contributed by atoms with E-state index in [2.05, 4.69) is 65.7 Å². The van der Waals surface area contributed by atoms with Gasteiger partial charge in [0.15, 0.2) is 0 Å². The fourth-order valence-electron chi connectivity index (χ4n) is 2.09. The average Bonchev–Trinajstić information content (AvgIpc) is 2.34. The molecule has 0 spiro atoms. The summed E-state index contributed by atoms with van der Waals surface area (Å²) < 4.78 is 1.14. The van der Waals surface area contributed by atoms with Gasteiger partial charge in [-0.3, -0.25) is 4.79 Å². The van der Waals surface area contributed by atoms with Crippen molar-refractivity contribution in [3.63, 3.8) is 0 Å². The largest absolute Gasteiger partial charge is 0.364 e. The molecule has 1 aromatic carbocycles. The van der Waals surface area contributed by atoms with Gasteiger partial charge in [-0.15, -0.1) is 0 Å². The molecular formula is C13H17IN2O. The number of carbonyl (C=O) groups is 1. The summed E-state index contributed by atoms with van der Waals surface area (Å²) in [5, 5.41) is 2.98. The van der Waals surface area contributed by atoms with Crippen molar-refractivity contribution in [2.24, 2.45) is 0 Å². The summed E-state index contributed by atoms with van der Waals surface area (Å²) in [5.74, 6) is 0.0972. The second kappa shape index (κ2) is 4.48. The molecule has 0 bridgehead atoms. The number of hydrogen-bond acceptors (Lipinski definition) is 2. The monoisotopic (exact) mass is 344 g/mol. The zero-order valence-corrected chi connectivity index (χ0v) is 12.5. The van der Waals surface area contributed by atoms with Crippen LogP contribution < -0.4 is 10.2 Å². The summed E-state index contributed by atoms with van der Waals surface area (Å²) in [7, 11) is 0. The smallest absolute Gasteiger partial charge is 0.226 e. The minimum Gasteiger partial charge on any atom is -0.364 e. The molecule has 0 unspecified atom stereocenters. The number of nitrogens with one attached hydrogen (secondary N) is 1. The number of carbonyl (C=O) groups excluding carboxylic acids is 1. The zero-order valence-electron chi connectivity index (χ0n) is 10.4. The average molecular weight is 344 g/mol. The molecule has 0 aliphatic carbocycles. The zero-order chi connectivity index (χ0) is 12.6. The van der Waals surface area contributed by atoms with E-state index in [-0.39, 0.29) is 11.4 Å². The lowest BCUT2D eigenvalue weighted by atomic mass is 10.0. The normalized spacial score (nSPS) is 16.2. The molecule has 1 aromatic rings. The quantitative estimate of drug-likeness (QED) is 0.733. The van der Waals surface area contributed by atoms with E-state index in [1.807, 2.05) is 6.07 Å². The van der Waals surface area contributed by atoms with Crippen molar-refractivity contribution in [1.29, 1.82) is 0 Å². The minimum atomic E-state index is 0.0217. The third-order valence-corrected chi connectivity index (χ3v) is 3.57. The SMILES string of the molecule is CC(C)(C)N1CCC(=O)Nc2cc(I)ccc21. The van der Waals surface area contributed by atoms with Gasteiger partial charge in [0.25, 0.3) is 0 Å². The number of fused-ring (bicyclic) bond motifs is 1. The van der Waals surface area contributed by atoms with Crippen molar-refractivity contribution in [2.75, 3.05) is 16.8 Å². The molecule has 1 heterocycles. The maximum absolute atomic E-state index is 11.7. The molecule has 2 rings (SSSR count). The third-order valence-electron chi connectivity index (χ3n) is 2.90. The summed E-state index contributed by atoms with van der Waals surface area (Å²) in [6.45, 7) is 7.28. The van der Waals surface area contributed by atoms with Crippen LogP contribution in [0.15, 0.2) is 18.2 Å². The molecule has 1 aliphatic rings. The fraction of sp³-hybridized carbons (Fsp3) is 0.462. The number of amides is 1. The first-order valence-corrected chi connectivity index (χ1v) is 6.83. The van der Waals surface area contributed by atoms with Crippen LogP contribution in [0.25, 0.3) is 0 Å². The summed E-state index contributed by atoms with van der Waals surface area (Å²) in [6.07, 6.45) is 0.544. The van der Waals surface area contributed by atoms with Gasteiger partial charge in [-0.05, 0) is 61.6 Å². The van der Waals surface area contributed by atoms with Crippen LogP contribution >= 0.6 is 22.6 Å². The number of nitrogens with zero attached hydrogens (tertiary/aromatic N) is 1. The minimum absolute atomic E-state index is 0.0217. The molecule has 3 nitrogen and oxygen atoms in total. The molecule has 92 valence electrons. The van der Waals surface area contributed by atoms with E-state index in [1.165, 1.54) is 0 Å². The van der Waals surface area contributed by atoms with Crippen LogP contribution in [0.4, 0.5) is 11.4 Å². The standard InChI is InChI=1S/C13H17IN2O/c1-13(2,3)16-7-6-12(17)15-10-8-9(14)4-5-11(10)16/h4-5,8H,6-7H2,1-3H3,(H,15,17). The van der Waals surface area contributed by atoms with Crippen LogP contribution in [0.2, 0.25) is 0 Å². The van der Waals surface area contributed by atoms with Gasteiger partial charge in [-0.2, -0.15) is 0 Å². The predicted molar refractivity (Wildman–Crippen MR) is 79.5 cm³/mol. The highest BCUT2D eigenvalue weighted by Crippen LogP contribution is 2.34. The molecule has 0 aromatic heterocycles. The van der Waals surface area contributed by atoms with E-state index in [0.717, 1.165) is 21.5 Å². The van der Waals surface area contributed by atoms with Gasteiger partial charge in [0, 0.05) is 22.1 Å². The van der Waals surface area contributed by atoms with Crippen molar-refractivity contribution < 1.29 is 4.79 Å². The Balaban J connectivity index is 2.50. The third kappa shape index (κ3) is 2.73. The fourth-order valence-corrected chi connectivity index (χ4v) is 2.58. The first-order valence-electron chi connectivity index (χ1n) is 5.75. The van der Waals surface area contributed by atoms with Crippen LogP contribution in [0, 0.1) is 3.57 Å². The van der Waals surface area contributed by atoms with E-state index in [4.69, 9.17) is 0 Å². The summed E-state index contributed by atoms with van der Waals surface area (Å²) in [4.78, 5) is 14.0. The van der Waals surface area contributed by atoms with Gasteiger partial charge in [-0.1, -0.05) is 0 Å². The van der Waals surface area contributed by atoms with Crippen molar-refractivity contribution in [3.05, 3.63) is 21.8 Å². The van der Waals surface area contributed by atoms with Gasteiger partial charge in [-0.25, -0.2) is 0 Å². The van der Waals surface area contributed by atoms with Gasteiger partial charge < -0.3 is 10.2 Å². The van der Waals surface area contributed by atoms with E-state index in [9.17, 15) is 4.79 Å². The number of anilines is 2. The lowest BCUT2D eigenvalue weighted by molar-refractivity contribution is -0.116. The van der Waals surface area contributed by atoms with E-state index < -0.39 is 0 Å². The van der Waals surface area contributed by atoms with Crippen LogP contribution in [0.5, 0.6) is 0 Å². The van der Waals surface area contributed by atoms with Gasteiger partial charge in [0.05, 0.1) is 11.4 Å². The van der Waals surface area contributed by atoms with Gasteiger partial charge >= 0.3 is 0 Å². The Morgan fingerprint density at radius 3 is 2.71 bits per heavy atom. The highest BCUT2D eigenvalue weighted by Gasteiger charge is 2.27. The maximum atomic E-state index is 11.7. The summed E-state index contributed by atoms with van der Waals surface area (Å²) >= 11 is 2.26. The first-order chi connectivity index (χ1) is 7.88. The molecule has 0 fully saturated rings. The Hall–Kier alpha value is -0.780. The van der Waals surface area contributed by atoms with Crippen LogP contribution in [-0.2, 0) is 4.79 Å². The number of halogens is 1. The van der Waals surface area contributed by atoms with Crippen molar-refractivity contribution in [1.82, 2.24) is 0 Å². The Morgan fingerprint density at radius 2 is 2.06 bits per heavy atom. The number of hydrogen-bond donors (Lipinski definition) is 1. The Labute approximate surface area is 116 Å². The lowest BCUT2D eigenvalue weighted by Crippen LogP contribution is -2.42. The van der Waals surface area contributed by atoms with E-state index in [0.29, 0.717) is 6.42 Å². The maximum Gasteiger partial charge on any atom is 0.226 e. The molecule has 1 N–H and O–H groups in total. The first kappa shape index (κ1) is 12.7. The van der Waals surface area contributed by atoms with Gasteiger partial charge in [0.2, 0.25) is 5.91 Å². The molecular weight excluding hydrogens is 327 g/mol. The second-order valence-corrected chi connectivity index (χ2v) is 6.53. The highest BCUT2D eigenvalue weighted by molar-refractivity contribution is 14.1. The summed E-state index contributed by atoms with van der Waals surface area (Å²) in [6, 6.07) is 6.20. The van der Waals surface area contributed by atoms with Crippen molar-refractivity contribution in [3.8, 4) is 0 Å².